The highest BCUT2D eigenvalue weighted by Crippen LogP contribution is 2.19. The van der Waals surface area contributed by atoms with Gasteiger partial charge in [0, 0.05) is 24.3 Å². The van der Waals surface area contributed by atoms with E-state index in [1.807, 2.05) is 72.8 Å². The van der Waals surface area contributed by atoms with Crippen molar-refractivity contribution in [2.75, 3.05) is 6.54 Å². The van der Waals surface area contributed by atoms with Gasteiger partial charge in [-0.2, -0.15) is 0 Å². The molecule has 4 rings (SSSR count). The first kappa shape index (κ1) is 33.3. The summed E-state index contributed by atoms with van der Waals surface area (Å²) in [5, 5.41) is 10.5. The van der Waals surface area contributed by atoms with E-state index in [1.165, 1.54) is 11.3 Å². The lowest BCUT2D eigenvalue weighted by Gasteiger charge is -2.25. The van der Waals surface area contributed by atoms with E-state index in [0.717, 1.165) is 26.8 Å². The van der Waals surface area contributed by atoms with Gasteiger partial charge in [-0.3, -0.25) is 19.2 Å². The molecule has 10 nitrogen and oxygen atoms in total. The molecule has 0 aliphatic heterocycles. The Bertz CT molecular complexity index is 1610. The second-order valence-electron chi connectivity index (χ2n) is 10.9. The number of carbonyl (C=O) groups is 4. The average molecular weight is 629 g/mol. The number of benzene rings is 3. The van der Waals surface area contributed by atoms with Gasteiger partial charge in [0.1, 0.15) is 18.1 Å². The summed E-state index contributed by atoms with van der Waals surface area (Å²) in [4.78, 5) is 54.2. The number of thiophene rings is 1. The maximum Gasteiger partial charge on any atom is 0.262 e. The molecule has 236 valence electrons. The third-order valence-electron chi connectivity index (χ3n) is 7.48. The van der Waals surface area contributed by atoms with Crippen LogP contribution in [-0.2, 0) is 33.8 Å². The van der Waals surface area contributed by atoms with E-state index >= 15 is 0 Å². The molecule has 11 heteroatoms. The van der Waals surface area contributed by atoms with Crippen molar-refractivity contribution >= 4 is 45.7 Å². The molecular formula is C34H40N6O4S. The molecule has 0 fully saturated rings. The molecule has 0 bridgehead atoms. The van der Waals surface area contributed by atoms with E-state index in [9.17, 15) is 19.2 Å². The Morgan fingerprint density at radius 1 is 0.667 bits per heavy atom. The second-order valence-corrected chi connectivity index (χ2v) is 12.0. The first-order valence-corrected chi connectivity index (χ1v) is 15.8. The number of hydrogen-bond donors (Lipinski definition) is 6. The van der Waals surface area contributed by atoms with Gasteiger partial charge in [-0.05, 0) is 59.8 Å². The number of amides is 4. The highest BCUT2D eigenvalue weighted by Gasteiger charge is 2.30. The maximum absolute atomic E-state index is 13.9. The number of nitrogens with one attached hydrogen (secondary N) is 3. The first-order valence-electron chi connectivity index (χ1n) is 15.0. The Kier molecular flexibility index (Phi) is 12.2. The molecule has 1 heterocycles. The lowest BCUT2D eigenvalue weighted by molar-refractivity contribution is -0.132. The van der Waals surface area contributed by atoms with Gasteiger partial charge in [-0.15, -0.1) is 11.3 Å². The van der Waals surface area contributed by atoms with Crippen LogP contribution in [0.4, 0.5) is 0 Å². The van der Waals surface area contributed by atoms with Gasteiger partial charge in [0.05, 0.1) is 4.88 Å². The van der Waals surface area contributed by atoms with Crippen LogP contribution in [0, 0.1) is 0 Å². The minimum Gasteiger partial charge on any atom is -0.368 e. The molecule has 1 aromatic heterocycles. The number of hydrogen-bond acceptors (Lipinski definition) is 7. The lowest BCUT2D eigenvalue weighted by atomic mass is 9.99. The summed E-state index contributed by atoms with van der Waals surface area (Å²) in [6.07, 6.45) is 1.95. The van der Waals surface area contributed by atoms with Gasteiger partial charge in [-0.1, -0.05) is 72.8 Å². The van der Waals surface area contributed by atoms with Crippen LogP contribution >= 0.6 is 11.3 Å². The minimum absolute atomic E-state index is 0.161. The van der Waals surface area contributed by atoms with Crippen molar-refractivity contribution in [1.82, 2.24) is 16.0 Å². The molecule has 3 atom stereocenters. The normalized spacial score (nSPS) is 13.0. The van der Waals surface area contributed by atoms with Crippen molar-refractivity contribution in [2.45, 2.75) is 56.8 Å². The molecule has 45 heavy (non-hydrogen) atoms. The van der Waals surface area contributed by atoms with Gasteiger partial charge in [0.15, 0.2) is 0 Å². The summed E-state index contributed by atoms with van der Waals surface area (Å²) in [7, 11) is 0. The Hall–Kier alpha value is -4.58. The van der Waals surface area contributed by atoms with Crippen molar-refractivity contribution in [3.8, 4) is 0 Å². The van der Waals surface area contributed by atoms with Crippen molar-refractivity contribution < 1.29 is 19.2 Å². The topological polar surface area (TPSA) is 182 Å². The van der Waals surface area contributed by atoms with Crippen molar-refractivity contribution in [2.24, 2.45) is 17.2 Å². The summed E-state index contributed by atoms with van der Waals surface area (Å²) < 4.78 is 0. The standard InChI is InChI=1S/C34H40N6O4S/c35-17-7-6-12-27(31(37)41)38-32(42)28(19-22-8-2-1-3-9-22)39-33(43)29(40-34(44)30-16-15-26(21-36)45-30)20-23-13-14-24-10-4-5-11-25(24)18-23/h1-5,8-11,13-16,18,27-29H,6-7,12,17,19-21,35-36H2,(H2,37,41)(H,38,42)(H,39,43)(H,40,44)/t27-,28+,29+/m0/s1. The Morgan fingerprint density at radius 2 is 1.31 bits per heavy atom. The molecule has 0 saturated heterocycles. The first-order chi connectivity index (χ1) is 21.8. The minimum atomic E-state index is -1.04. The monoisotopic (exact) mass is 628 g/mol. The molecule has 0 aliphatic rings. The number of rotatable bonds is 16. The fourth-order valence-corrected chi connectivity index (χ4v) is 5.82. The quantitative estimate of drug-likeness (QED) is 0.104. The zero-order valence-corrected chi connectivity index (χ0v) is 25.9. The van der Waals surface area contributed by atoms with E-state index < -0.39 is 41.8 Å². The summed E-state index contributed by atoms with van der Waals surface area (Å²) in [5.74, 6) is -2.18. The van der Waals surface area contributed by atoms with E-state index in [0.29, 0.717) is 37.2 Å². The van der Waals surface area contributed by atoms with Crippen LogP contribution in [-0.4, -0.2) is 48.3 Å². The van der Waals surface area contributed by atoms with Gasteiger partial charge in [0.25, 0.3) is 5.91 Å². The highest BCUT2D eigenvalue weighted by atomic mass is 32.1. The molecule has 0 saturated carbocycles. The Labute approximate surface area is 266 Å². The van der Waals surface area contributed by atoms with Crippen molar-refractivity contribution in [1.29, 1.82) is 0 Å². The van der Waals surface area contributed by atoms with Crippen LogP contribution < -0.4 is 33.2 Å². The third kappa shape index (κ3) is 9.70. The van der Waals surface area contributed by atoms with E-state index in [1.54, 1.807) is 12.1 Å². The largest absolute Gasteiger partial charge is 0.368 e. The molecule has 0 aliphatic carbocycles. The fraction of sp³-hybridized carbons (Fsp3) is 0.294. The molecular weight excluding hydrogens is 588 g/mol. The van der Waals surface area contributed by atoms with Crippen LogP contribution in [0.5, 0.6) is 0 Å². The van der Waals surface area contributed by atoms with Crippen molar-refractivity contribution in [3.63, 3.8) is 0 Å². The zero-order chi connectivity index (χ0) is 32.2. The predicted molar refractivity (Wildman–Crippen MR) is 177 cm³/mol. The third-order valence-corrected chi connectivity index (χ3v) is 8.59. The summed E-state index contributed by atoms with van der Waals surface area (Å²) in [6.45, 7) is 0.753. The number of primary amides is 1. The molecule has 0 unspecified atom stereocenters. The molecule has 0 radical (unpaired) electrons. The van der Waals surface area contributed by atoms with E-state index in [-0.39, 0.29) is 12.8 Å². The zero-order valence-electron chi connectivity index (χ0n) is 25.0. The van der Waals surface area contributed by atoms with E-state index in [2.05, 4.69) is 16.0 Å². The second kappa shape index (κ2) is 16.5. The number of nitrogens with two attached hydrogens (primary N) is 3. The summed E-state index contributed by atoms with van der Waals surface area (Å²) in [5.41, 5.74) is 18.6. The molecule has 4 amide bonds. The molecule has 3 aromatic carbocycles. The maximum atomic E-state index is 13.9. The summed E-state index contributed by atoms with van der Waals surface area (Å²) >= 11 is 1.26. The fourth-order valence-electron chi connectivity index (χ4n) is 5.03. The summed E-state index contributed by atoms with van der Waals surface area (Å²) in [6, 6.07) is 23.4. The highest BCUT2D eigenvalue weighted by molar-refractivity contribution is 7.14. The average Bonchev–Trinajstić information content (AvgIpc) is 3.54. The number of carbonyl (C=O) groups excluding carboxylic acids is 4. The van der Waals surface area contributed by atoms with Crippen LogP contribution in [0.3, 0.4) is 0 Å². The SMILES string of the molecule is NCCCC[C@H](NC(=O)[C@@H](Cc1ccccc1)NC(=O)[C@@H](Cc1ccc2ccccc2c1)NC(=O)c1ccc(CN)s1)C(N)=O. The lowest BCUT2D eigenvalue weighted by Crippen LogP contribution is -2.57. The molecule has 4 aromatic rings. The van der Waals surface area contributed by atoms with Crippen LogP contribution in [0.1, 0.15) is 44.9 Å². The van der Waals surface area contributed by atoms with Crippen LogP contribution in [0.25, 0.3) is 10.8 Å². The number of fused-ring (bicyclic) bond motifs is 1. The van der Waals surface area contributed by atoms with Gasteiger partial charge in [0.2, 0.25) is 17.7 Å². The van der Waals surface area contributed by atoms with Crippen LogP contribution in [0.15, 0.2) is 84.9 Å². The Morgan fingerprint density at radius 3 is 1.98 bits per heavy atom. The van der Waals surface area contributed by atoms with Gasteiger partial charge < -0.3 is 33.2 Å². The van der Waals surface area contributed by atoms with E-state index in [4.69, 9.17) is 17.2 Å². The molecule has 0 spiro atoms. The Balaban J connectivity index is 1.59. The van der Waals surface area contributed by atoms with Crippen LogP contribution in [0.2, 0.25) is 0 Å². The number of unbranched alkanes of at least 4 members (excludes halogenated alkanes) is 1. The van der Waals surface area contributed by atoms with Crippen molar-refractivity contribution in [3.05, 3.63) is 106 Å². The van der Waals surface area contributed by atoms with Gasteiger partial charge in [-0.25, -0.2) is 0 Å². The predicted octanol–water partition coefficient (Wildman–Crippen LogP) is 2.53. The smallest absolute Gasteiger partial charge is 0.262 e. The molecule has 9 N–H and O–H groups in total. The van der Waals surface area contributed by atoms with Gasteiger partial charge >= 0.3 is 0 Å².